The molecule has 4 aliphatic carbocycles. The number of rotatable bonds is 2. The van der Waals surface area contributed by atoms with E-state index in [4.69, 9.17) is 0 Å². The molecule has 0 aromatic heterocycles. The van der Waals surface area contributed by atoms with Gasteiger partial charge in [-0.25, -0.2) is 0 Å². The first-order valence-corrected chi connectivity index (χ1v) is 10.5. The van der Waals surface area contributed by atoms with Crippen LogP contribution >= 0.6 is 0 Å². The molecule has 1 heteroatoms. The highest BCUT2D eigenvalue weighted by Gasteiger charge is 2.59. The summed E-state index contributed by atoms with van der Waals surface area (Å²) in [6.45, 7) is 11.9. The molecule has 1 N–H and O–H groups in total. The van der Waals surface area contributed by atoms with E-state index in [1.807, 2.05) is 0 Å². The summed E-state index contributed by atoms with van der Waals surface area (Å²) in [5, 5.41) is 3.58. The lowest BCUT2D eigenvalue weighted by Crippen LogP contribution is -2.51. The van der Waals surface area contributed by atoms with Gasteiger partial charge in [0.15, 0.2) is 0 Å². The van der Waals surface area contributed by atoms with Crippen LogP contribution in [0.25, 0.3) is 0 Å². The van der Waals surface area contributed by atoms with Crippen molar-refractivity contribution in [1.29, 1.82) is 0 Å². The minimum absolute atomic E-state index is 0.484. The molecule has 3 saturated carbocycles. The van der Waals surface area contributed by atoms with Crippen molar-refractivity contribution in [3.8, 4) is 0 Å². The van der Waals surface area contributed by atoms with E-state index in [0.717, 1.165) is 23.7 Å². The maximum absolute atomic E-state index is 4.26. The van der Waals surface area contributed by atoms with Crippen LogP contribution in [-0.2, 0) is 0 Å². The van der Waals surface area contributed by atoms with Gasteiger partial charge in [0.25, 0.3) is 0 Å². The predicted octanol–water partition coefficient (Wildman–Crippen LogP) is 5.73. The van der Waals surface area contributed by atoms with E-state index in [0.29, 0.717) is 16.9 Å². The molecule has 0 radical (unpaired) electrons. The van der Waals surface area contributed by atoms with Crippen molar-refractivity contribution >= 4 is 0 Å². The van der Waals surface area contributed by atoms with Gasteiger partial charge in [-0.15, -0.1) is 0 Å². The van der Waals surface area contributed by atoms with Gasteiger partial charge < -0.3 is 5.32 Å². The summed E-state index contributed by atoms with van der Waals surface area (Å²) < 4.78 is 0. The van der Waals surface area contributed by atoms with E-state index < -0.39 is 0 Å². The molecule has 0 amide bonds. The minimum Gasteiger partial charge on any atom is -0.317 e. The number of allylic oxidation sites excluding steroid dienone is 3. The lowest BCUT2D eigenvalue weighted by Gasteiger charge is -2.58. The molecule has 7 atom stereocenters. The van der Waals surface area contributed by atoms with E-state index >= 15 is 0 Å². The molecule has 1 nitrogen and oxygen atoms in total. The zero-order valence-electron chi connectivity index (χ0n) is 16.3. The molecule has 0 aromatic rings. The molecule has 134 valence electrons. The Morgan fingerprint density at radius 3 is 2.62 bits per heavy atom. The highest BCUT2D eigenvalue weighted by Crippen LogP contribution is 2.67. The fourth-order valence-electron chi connectivity index (χ4n) is 7.71. The zero-order chi connectivity index (χ0) is 17.1. The van der Waals surface area contributed by atoms with E-state index in [9.17, 15) is 0 Å². The molecule has 7 unspecified atom stereocenters. The maximum atomic E-state index is 4.26. The van der Waals surface area contributed by atoms with Gasteiger partial charge in [0.1, 0.15) is 0 Å². The molecule has 24 heavy (non-hydrogen) atoms. The van der Waals surface area contributed by atoms with Gasteiger partial charge in [-0.05, 0) is 99.8 Å². The summed E-state index contributed by atoms with van der Waals surface area (Å²) in [5.41, 5.74) is 4.20. The fourth-order valence-corrected chi connectivity index (χ4v) is 7.71. The molecule has 4 rings (SSSR count). The third kappa shape index (κ3) is 2.23. The van der Waals surface area contributed by atoms with Gasteiger partial charge in [0.2, 0.25) is 0 Å². The average Bonchev–Trinajstić information content (AvgIpc) is 2.92. The van der Waals surface area contributed by atoms with Crippen molar-refractivity contribution in [2.45, 2.75) is 78.2 Å². The SMILES string of the molecule is C=C1C=C2CCC3C(CCC4(C)C(C(C)NC)CCC34)C2(C)CC1. The van der Waals surface area contributed by atoms with Gasteiger partial charge in [-0.2, -0.15) is 0 Å². The van der Waals surface area contributed by atoms with E-state index in [1.54, 1.807) is 5.57 Å². The first-order valence-electron chi connectivity index (χ1n) is 10.5. The van der Waals surface area contributed by atoms with Crippen molar-refractivity contribution in [3.05, 3.63) is 23.8 Å². The zero-order valence-corrected chi connectivity index (χ0v) is 16.3. The third-order valence-electron chi connectivity index (χ3n) is 9.21. The van der Waals surface area contributed by atoms with Crippen LogP contribution in [0.5, 0.6) is 0 Å². The van der Waals surface area contributed by atoms with Crippen LogP contribution < -0.4 is 5.32 Å². The Morgan fingerprint density at radius 1 is 1.08 bits per heavy atom. The standard InChI is InChI=1S/C23H37N/c1-15-10-12-22(3)17(14-15)6-7-18-20-9-8-19(16(2)24-5)23(20,4)13-11-21(18)22/h14,16,18-21,24H,1,6-13H2,2-5H3. The maximum Gasteiger partial charge on any atom is 0.00693 e. The second-order valence-electron chi connectivity index (χ2n) is 9.97. The fraction of sp³-hybridized carbons (Fsp3) is 0.826. The Morgan fingerprint density at radius 2 is 1.88 bits per heavy atom. The van der Waals surface area contributed by atoms with E-state index in [1.165, 1.54) is 56.9 Å². The molecule has 3 fully saturated rings. The van der Waals surface area contributed by atoms with Crippen molar-refractivity contribution in [2.75, 3.05) is 7.05 Å². The van der Waals surface area contributed by atoms with Gasteiger partial charge in [0.05, 0.1) is 0 Å². The van der Waals surface area contributed by atoms with Crippen molar-refractivity contribution in [2.24, 2.45) is 34.5 Å². The van der Waals surface area contributed by atoms with Gasteiger partial charge >= 0.3 is 0 Å². The van der Waals surface area contributed by atoms with E-state index in [2.05, 4.69) is 45.8 Å². The molecular weight excluding hydrogens is 290 g/mol. The Hall–Kier alpha value is -0.560. The summed E-state index contributed by atoms with van der Waals surface area (Å²) in [7, 11) is 2.15. The molecule has 0 heterocycles. The number of fused-ring (bicyclic) bond motifs is 5. The lowest BCUT2D eigenvalue weighted by molar-refractivity contribution is -0.0537. The normalized spacial score (nSPS) is 49.0. The molecule has 0 spiro atoms. The van der Waals surface area contributed by atoms with Gasteiger partial charge in [0, 0.05) is 6.04 Å². The quantitative estimate of drug-likeness (QED) is 0.683. The second-order valence-corrected chi connectivity index (χ2v) is 9.97. The molecule has 0 aromatic carbocycles. The summed E-state index contributed by atoms with van der Waals surface area (Å²) in [4.78, 5) is 0. The predicted molar refractivity (Wildman–Crippen MR) is 103 cm³/mol. The molecule has 0 bridgehead atoms. The highest BCUT2D eigenvalue weighted by molar-refractivity contribution is 5.33. The van der Waals surface area contributed by atoms with Crippen molar-refractivity contribution < 1.29 is 0 Å². The van der Waals surface area contributed by atoms with Crippen LogP contribution in [0, 0.1) is 34.5 Å². The number of hydrogen-bond acceptors (Lipinski definition) is 1. The Kier molecular flexibility index (Phi) is 4.03. The van der Waals surface area contributed by atoms with Crippen LogP contribution in [0.3, 0.4) is 0 Å². The van der Waals surface area contributed by atoms with Crippen molar-refractivity contribution in [1.82, 2.24) is 5.32 Å². The van der Waals surface area contributed by atoms with Gasteiger partial charge in [-0.3, -0.25) is 0 Å². The first kappa shape index (κ1) is 16.9. The van der Waals surface area contributed by atoms with Crippen LogP contribution in [-0.4, -0.2) is 13.1 Å². The average molecular weight is 328 g/mol. The van der Waals surface area contributed by atoms with Crippen LogP contribution in [0.4, 0.5) is 0 Å². The summed E-state index contributed by atoms with van der Waals surface area (Å²) in [5.74, 6) is 3.77. The lowest BCUT2D eigenvalue weighted by atomic mass is 9.46. The molecule has 0 saturated heterocycles. The second kappa shape index (κ2) is 5.73. The van der Waals surface area contributed by atoms with Crippen LogP contribution in [0.2, 0.25) is 0 Å². The third-order valence-corrected chi connectivity index (χ3v) is 9.21. The smallest absolute Gasteiger partial charge is 0.00693 e. The molecule has 4 aliphatic rings. The van der Waals surface area contributed by atoms with Crippen LogP contribution in [0.1, 0.15) is 72.1 Å². The first-order chi connectivity index (χ1) is 11.4. The molecular formula is C23H37N. The van der Waals surface area contributed by atoms with Crippen molar-refractivity contribution in [3.63, 3.8) is 0 Å². The monoisotopic (exact) mass is 327 g/mol. The van der Waals surface area contributed by atoms with Crippen LogP contribution in [0.15, 0.2) is 23.8 Å². The van der Waals surface area contributed by atoms with Gasteiger partial charge in [-0.1, -0.05) is 37.6 Å². The van der Waals surface area contributed by atoms with E-state index in [-0.39, 0.29) is 0 Å². The number of nitrogens with one attached hydrogen (secondary N) is 1. The minimum atomic E-state index is 0.484. The molecule has 0 aliphatic heterocycles. The summed E-state index contributed by atoms with van der Waals surface area (Å²) in [6, 6.07) is 0.671. The Labute approximate surface area is 149 Å². The summed E-state index contributed by atoms with van der Waals surface area (Å²) >= 11 is 0. The largest absolute Gasteiger partial charge is 0.317 e. The highest BCUT2D eigenvalue weighted by atomic mass is 14.9. The number of hydrogen-bond donors (Lipinski definition) is 1. The Balaban J connectivity index is 1.63. The summed E-state index contributed by atoms with van der Waals surface area (Å²) in [6.07, 6.45) is 13.7. The Bertz CT molecular complexity index is 560. The topological polar surface area (TPSA) is 12.0 Å².